The number of hydrogen-bond acceptors (Lipinski definition) is 6. The van der Waals surface area contributed by atoms with Crippen molar-refractivity contribution < 1.29 is 9.59 Å². The lowest BCUT2D eigenvalue weighted by molar-refractivity contribution is -0.120. The zero-order valence-corrected chi connectivity index (χ0v) is 14.6. The molecule has 0 unspecified atom stereocenters. The Morgan fingerprint density at radius 3 is 2.50 bits per heavy atom. The maximum atomic E-state index is 11.5. The summed E-state index contributed by atoms with van der Waals surface area (Å²) in [5.74, 6) is 1.81. The van der Waals surface area contributed by atoms with Gasteiger partial charge in [-0.15, -0.1) is 0 Å². The molecule has 8 heteroatoms. The Labute approximate surface area is 142 Å². The molecule has 3 N–H and O–H groups in total. The van der Waals surface area contributed by atoms with Gasteiger partial charge >= 0.3 is 6.03 Å². The lowest BCUT2D eigenvalue weighted by atomic mass is 10.2. The van der Waals surface area contributed by atoms with Gasteiger partial charge in [0.05, 0.1) is 0 Å². The summed E-state index contributed by atoms with van der Waals surface area (Å²) in [4.78, 5) is 35.7. The van der Waals surface area contributed by atoms with E-state index in [1.165, 1.54) is 0 Å². The summed E-state index contributed by atoms with van der Waals surface area (Å²) >= 11 is 0. The van der Waals surface area contributed by atoms with Crippen molar-refractivity contribution in [1.29, 1.82) is 0 Å². The topological polar surface area (TPSA) is 104 Å². The van der Waals surface area contributed by atoms with Crippen LogP contribution in [0.15, 0.2) is 6.07 Å². The molecule has 0 spiro atoms. The van der Waals surface area contributed by atoms with Crippen molar-refractivity contribution >= 4 is 17.8 Å². The number of primary amides is 1. The largest absolute Gasteiger partial charge is 0.354 e. The molecule has 1 fully saturated rings. The van der Waals surface area contributed by atoms with E-state index in [0.717, 1.165) is 43.5 Å². The molecular weight excluding hydrogens is 308 g/mol. The molecule has 0 radical (unpaired) electrons. The number of amides is 3. The van der Waals surface area contributed by atoms with Crippen LogP contribution in [0.3, 0.4) is 0 Å². The molecule has 3 amide bonds. The van der Waals surface area contributed by atoms with Crippen LogP contribution in [0.5, 0.6) is 0 Å². The molecule has 0 atom stereocenters. The van der Waals surface area contributed by atoms with Gasteiger partial charge in [0, 0.05) is 56.8 Å². The Morgan fingerprint density at radius 2 is 1.92 bits per heavy atom. The number of urea groups is 1. The van der Waals surface area contributed by atoms with Crippen molar-refractivity contribution in [2.75, 3.05) is 37.6 Å². The number of hydrogen-bond donors (Lipinski definition) is 2. The van der Waals surface area contributed by atoms with E-state index in [-0.39, 0.29) is 12.3 Å². The first kappa shape index (κ1) is 18.1. The monoisotopic (exact) mass is 334 g/mol. The number of piperazine rings is 1. The van der Waals surface area contributed by atoms with E-state index in [1.807, 2.05) is 13.0 Å². The highest BCUT2D eigenvalue weighted by atomic mass is 16.2. The fourth-order valence-corrected chi connectivity index (χ4v) is 2.65. The molecule has 1 aromatic heterocycles. The summed E-state index contributed by atoms with van der Waals surface area (Å²) in [6, 6.07) is 1.21. The van der Waals surface area contributed by atoms with Crippen LogP contribution < -0.4 is 16.0 Å². The zero-order chi connectivity index (χ0) is 17.7. The van der Waals surface area contributed by atoms with Gasteiger partial charge in [0.2, 0.25) is 5.91 Å². The smallest absolute Gasteiger partial charge is 0.318 e. The highest BCUT2D eigenvalue weighted by molar-refractivity contribution is 5.93. The number of nitrogens with one attached hydrogen (secondary N) is 1. The average molecular weight is 334 g/mol. The first-order valence-electron chi connectivity index (χ1n) is 8.27. The van der Waals surface area contributed by atoms with Crippen LogP contribution in [-0.2, 0) is 4.79 Å². The molecule has 1 aromatic rings. The molecule has 1 aliphatic rings. The van der Waals surface area contributed by atoms with Crippen molar-refractivity contribution in [2.45, 2.75) is 33.1 Å². The molecule has 132 valence electrons. The van der Waals surface area contributed by atoms with Crippen molar-refractivity contribution in [1.82, 2.24) is 20.2 Å². The molecule has 0 saturated carbocycles. The van der Waals surface area contributed by atoms with E-state index in [4.69, 9.17) is 5.73 Å². The second kappa shape index (κ2) is 8.05. The van der Waals surface area contributed by atoms with Gasteiger partial charge in [0.1, 0.15) is 11.6 Å². The maximum absolute atomic E-state index is 11.5. The lowest BCUT2D eigenvalue weighted by Gasteiger charge is -2.35. The second-order valence-electron chi connectivity index (χ2n) is 6.37. The van der Waals surface area contributed by atoms with Crippen LogP contribution in [-0.4, -0.2) is 59.5 Å². The van der Waals surface area contributed by atoms with Gasteiger partial charge in [-0.1, -0.05) is 13.8 Å². The number of anilines is 1. The lowest BCUT2D eigenvalue weighted by Crippen LogP contribution is -2.48. The van der Waals surface area contributed by atoms with Crippen LogP contribution >= 0.6 is 0 Å². The molecular formula is C16H26N6O2. The number of aryl methyl sites for hydroxylation is 1. The molecule has 2 heterocycles. The molecule has 0 aliphatic carbocycles. The van der Waals surface area contributed by atoms with Gasteiger partial charge in [-0.3, -0.25) is 15.0 Å². The summed E-state index contributed by atoms with van der Waals surface area (Å²) in [7, 11) is 0. The number of nitrogens with two attached hydrogens (primary N) is 1. The predicted octanol–water partition coefficient (Wildman–Crippen LogP) is 0.615. The summed E-state index contributed by atoms with van der Waals surface area (Å²) in [6.07, 6.45) is 0.271. The number of nitrogens with zero attached hydrogens (tertiary/aromatic N) is 4. The van der Waals surface area contributed by atoms with Crippen LogP contribution in [0, 0.1) is 6.92 Å². The average Bonchev–Trinajstić information content (AvgIpc) is 2.52. The van der Waals surface area contributed by atoms with Crippen LogP contribution in [0.25, 0.3) is 0 Å². The summed E-state index contributed by atoms with van der Waals surface area (Å²) in [5, 5.41) is 2.09. The van der Waals surface area contributed by atoms with Gasteiger partial charge in [-0.25, -0.2) is 14.8 Å². The molecule has 1 saturated heterocycles. The first-order valence-corrected chi connectivity index (χ1v) is 8.27. The summed E-state index contributed by atoms with van der Waals surface area (Å²) in [6.45, 7) is 10.2. The highest BCUT2D eigenvalue weighted by Gasteiger charge is 2.20. The van der Waals surface area contributed by atoms with Gasteiger partial charge in [0.15, 0.2) is 0 Å². The Bertz CT molecular complexity index is 596. The van der Waals surface area contributed by atoms with E-state index in [1.54, 1.807) is 0 Å². The SMILES string of the molecule is Cc1cc(N2CCN(CCC(=O)NC(N)=O)CC2)nc(C(C)C)n1. The molecule has 0 bridgehead atoms. The standard InChI is InChI=1S/C16H26N6O2/c1-11(2)15-18-12(3)10-13(19-15)22-8-6-21(7-9-22)5-4-14(23)20-16(17)24/h10-11H,4-9H2,1-3H3,(H3,17,20,23,24). The van der Waals surface area contributed by atoms with Crippen LogP contribution in [0.2, 0.25) is 0 Å². The summed E-state index contributed by atoms with van der Waals surface area (Å²) < 4.78 is 0. The van der Waals surface area contributed by atoms with Crippen LogP contribution in [0.4, 0.5) is 10.6 Å². The fourth-order valence-electron chi connectivity index (χ4n) is 2.65. The minimum atomic E-state index is -0.801. The van der Waals surface area contributed by atoms with Crippen molar-refractivity contribution in [3.05, 3.63) is 17.6 Å². The van der Waals surface area contributed by atoms with E-state index in [2.05, 4.69) is 38.9 Å². The van der Waals surface area contributed by atoms with E-state index in [9.17, 15) is 9.59 Å². The van der Waals surface area contributed by atoms with Crippen molar-refractivity contribution in [2.24, 2.45) is 5.73 Å². The molecule has 1 aliphatic heterocycles. The molecule has 2 rings (SSSR count). The van der Waals surface area contributed by atoms with E-state index in [0.29, 0.717) is 12.5 Å². The van der Waals surface area contributed by atoms with Gasteiger partial charge in [-0.2, -0.15) is 0 Å². The Balaban J connectivity index is 1.86. The fraction of sp³-hybridized carbons (Fsp3) is 0.625. The Kier molecular flexibility index (Phi) is 6.08. The molecule has 8 nitrogen and oxygen atoms in total. The minimum absolute atomic E-state index is 0.271. The number of imide groups is 1. The number of carbonyl (C=O) groups is 2. The minimum Gasteiger partial charge on any atom is -0.354 e. The van der Waals surface area contributed by atoms with E-state index >= 15 is 0 Å². The molecule has 24 heavy (non-hydrogen) atoms. The Morgan fingerprint density at radius 1 is 1.25 bits per heavy atom. The first-order chi connectivity index (χ1) is 11.3. The van der Waals surface area contributed by atoms with E-state index < -0.39 is 6.03 Å². The van der Waals surface area contributed by atoms with Gasteiger partial charge < -0.3 is 10.6 Å². The molecule has 0 aromatic carbocycles. The quantitative estimate of drug-likeness (QED) is 0.818. The predicted molar refractivity (Wildman–Crippen MR) is 91.9 cm³/mol. The van der Waals surface area contributed by atoms with Gasteiger partial charge in [0.25, 0.3) is 0 Å². The van der Waals surface area contributed by atoms with Crippen molar-refractivity contribution in [3.8, 4) is 0 Å². The number of carbonyl (C=O) groups excluding carboxylic acids is 2. The zero-order valence-electron chi connectivity index (χ0n) is 14.6. The maximum Gasteiger partial charge on any atom is 0.318 e. The Hall–Kier alpha value is -2.22. The number of rotatable bonds is 5. The summed E-state index contributed by atoms with van der Waals surface area (Å²) in [5.41, 5.74) is 5.91. The highest BCUT2D eigenvalue weighted by Crippen LogP contribution is 2.18. The number of aromatic nitrogens is 2. The third kappa shape index (κ3) is 5.16. The third-order valence-corrected chi connectivity index (χ3v) is 3.99. The van der Waals surface area contributed by atoms with Crippen LogP contribution in [0.1, 0.15) is 37.7 Å². The normalized spacial score (nSPS) is 15.6. The van der Waals surface area contributed by atoms with Gasteiger partial charge in [-0.05, 0) is 6.92 Å². The van der Waals surface area contributed by atoms with Crippen molar-refractivity contribution in [3.63, 3.8) is 0 Å². The second-order valence-corrected chi connectivity index (χ2v) is 6.37. The third-order valence-electron chi connectivity index (χ3n) is 3.99.